The fourth-order valence-corrected chi connectivity index (χ4v) is 1.62. The Balaban J connectivity index is 2.14. The second-order valence-electron chi connectivity index (χ2n) is 2.54. The van der Waals surface area contributed by atoms with Crippen LogP contribution in [0.25, 0.3) is 0 Å². The number of hydrogen-bond acceptors (Lipinski definition) is 5. The van der Waals surface area contributed by atoms with Crippen molar-refractivity contribution in [2.75, 3.05) is 6.61 Å². The van der Waals surface area contributed by atoms with Gasteiger partial charge in [-0.2, -0.15) is 0 Å². The molecule has 1 aromatic heterocycles. The first-order valence-corrected chi connectivity index (χ1v) is 4.51. The Labute approximate surface area is 74.2 Å². The Hall–Kier alpha value is -0.940. The average molecular weight is 183 g/mol. The fraction of sp³-hybridized carbons (Fsp3) is 0.429. The molecule has 0 radical (unpaired) electrons. The lowest BCUT2D eigenvalue weighted by molar-refractivity contribution is 0.226. The minimum absolute atomic E-state index is 0.174. The zero-order valence-electron chi connectivity index (χ0n) is 6.43. The van der Waals surface area contributed by atoms with Crippen molar-refractivity contribution in [2.24, 2.45) is 5.73 Å². The number of aromatic nitrogens is 2. The van der Waals surface area contributed by atoms with E-state index in [4.69, 9.17) is 10.5 Å². The Morgan fingerprint density at radius 3 is 3.17 bits per heavy atom. The van der Waals surface area contributed by atoms with Crippen molar-refractivity contribution < 1.29 is 4.74 Å². The smallest absolute Gasteiger partial charge is 0.114 e. The predicted octanol–water partition coefficient (Wildman–Crippen LogP) is 0.842. The zero-order chi connectivity index (χ0) is 8.39. The lowest BCUT2D eigenvalue weighted by Crippen LogP contribution is -2.11. The largest absolute Gasteiger partial charge is 0.496 e. The molecule has 12 heavy (non-hydrogen) atoms. The van der Waals surface area contributed by atoms with Gasteiger partial charge in [-0.1, -0.05) is 4.49 Å². The van der Waals surface area contributed by atoms with E-state index in [0.717, 1.165) is 23.7 Å². The van der Waals surface area contributed by atoms with Gasteiger partial charge in [-0.25, -0.2) is 0 Å². The highest BCUT2D eigenvalue weighted by atomic mass is 32.1. The third kappa shape index (κ3) is 1.33. The third-order valence-electron chi connectivity index (χ3n) is 1.72. The van der Waals surface area contributed by atoms with Gasteiger partial charge < -0.3 is 10.5 Å². The molecule has 2 heterocycles. The summed E-state index contributed by atoms with van der Waals surface area (Å²) in [6.45, 7) is 0.745. The summed E-state index contributed by atoms with van der Waals surface area (Å²) >= 11 is 1.31. The molecule has 0 aromatic carbocycles. The van der Waals surface area contributed by atoms with Crippen molar-refractivity contribution in [3.63, 3.8) is 0 Å². The van der Waals surface area contributed by atoms with Crippen LogP contribution < -0.4 is 5.73 Å². The van der Waals surface area contributed by atoms with Crippen LogP contribution in [0.5, 0.6) is 0 Å². The second-order valence-corrected chi connectivity index (χ2v) is 3.36. The number of rotatable bonds is 2. The molecule has 1 aliphatic rings. The molecule has 1 aromatic rings. The van der Waals surface area contributed by atoms with E-state index in [9.17, 15) is 0 Å². The molecule has 1 aliphatic heterocycles. The first kappa shape index (κ1) is 7.70. The summed E-state index contributed by atoms with van der Waals surface area (Å²) in [5.41, 5.74) is 5.88. The van der Waals surface area contributed by atoms with E-state index < -0.39 is 0 Å². The summed E-state index contributed by atoms with van der Waals surface area (Å²) in [5, 5.41) is 3.72. The first-order chi connectivity index (χ1) is 5.88. The van der Waals surface area contributed by atoms with Gasteiger partial charge in [0.1, 0.15) is 11.8 Å². The van der Waals surface area contributed by atoms with Crippen LogP contribution in [-0.4, -0.2) is 16.2 Å². The molecule has 0 fully saturated rings. The SMILES string of the molecule is NC(C1=CCCO1)c1cnns1. The molecule has 2 rings (SSSR count). The predicted molar refractivity (Wildman–Crippen MR) is 45.5 cm³/mol. The van der Waals surface area contributed by atoms with Crippen molar-refractivity contribution >= 4 is 11.5 Å². The Kier molecular flexibility index (Phi) is 2.05. The molecule has 1 unspecified atom stereocenters. The first-order valence-electron chi connectivity index (χ1n) is 3.73. The average Bonchev–Trinajstić information content (AvgIpc) is 2.77. The van der Waals surface area contributed by atoms with Gasteiger partial charge in [-0.05, 0) is 17.6 Å². The zero-order valence-corrected chi connectivity index (χ0v) is 7.25. The van der Waals surface area contributed by atoms with E-state index >= 15 is 0 Å². The lowest BCUT2D eigenvalue weighted by atomic mass is 10.2. The minimum atomic E-state index is -0.174. The van der Waals surface area contributed by atoms with E-state index in [1.54, 1.807) is 6.20 Å². The summed E-state index contributed by atoms with van der Waals surface area (Å²) < 4.78 is 9.07. The normalized spacial score (nSPS) is 18.6. The molecular weight excluding hydrogens is 174 g/mol. The third-order valence-corrected chi connectivity index (χ3v) is 2.47. The molecule has 0 bridgehead atoms. The van der Waals surface area contributed by atoms with E-state index in [1.165, 1.54) is 11.5 Å². The van der Waals surface area contributed by atoms with Crippen LogP contribution in [0.4, 0.5) is 0 Å². The lowest BCUT2D eigenvalue weighted by Gasteiger charge is -2.09. The maximum atomic E-state index is 5.88. The van der Waals surface area contributed by atoms with Crippen LogP contribution in [0.1, 0.15) is 17.3 Å². The van der Waals surface area contributed by atoms with Crippen molar-refractivity contribution in [2.45, 2.75) is 12.5 Å². The van der Waals surface area contributed by atoms with Gasteiger partial charge in [0.05, 0.1) is 17.7 Å². The summed E-state index contributed by atoms with van der Waals surface area (Å²) in [4.78, 5) is 0.947. The highest BCUT2D eigenvalue weighted by molar-refractivity contribution is 7.05. The fourth-order valence-electron chi connectivity index (χ4n) is 1.11. The van der Waals surface area contributed by atoms with Crippen molar-refractivity contribution in [1.82, 2.24) is 9.59 Å². The molecule has 1 atom stereocenters. The second kappa shape index (κ2) is 3.20. The molecule has 4 nitrogen and oxygen atoms in total. The number of nitrogens with zero attached hydrogens (tertiary/aromatic N) is 2. The summed E-state index contributed by atoms with van der Waals surface area (Å²) in [6.07, 6.45) is 4.65. The highest BCUT2D eigenvalue weighted by Crippen LogP contribution is 2.25. The summed E-state index contributed by atoms with van der Waals surface area (Å²) in [6, 6.07) is -0.174. The van der Waals surface area contributed by atoms with E-state index in [-0.39, 0.29) is 6.04 Å². The molecular formula is C7H9N3OS. The molecule has 5 heteroatoms. The van der Waals surface area contributed by atoms with Crippen LogP contribution in [0.15, 0.2) is 18.0 Å². The van der Waals surface area contributed by atoms with Crippen molar-refractivity contribution in [1.29, 1.82) is 0 Å². The standard InChI is InChI=1S/C7H9N3OS/c8-7(5-2-1-3-11-5)6-4-9-10-12-6/h2,4,7H,1,3,8H2. The number of hydrogen-bond donors (Lipinski definition) is 1. The van der Waals surface area contributed by atoms with Crippen LogP contribution in [0, 0.1) is 0 Å². The highest BCUT2D eigenvalue weighted by Gasteiger charge is 2.17. The summed E-state index contributed by atoms with van der Waals surface area (Å²) in [7, 11) is 0. The molecule has 0 aliphatic carbocycles. The van der Waals surface area contributed by atoms with Gasteiger partial charge >= 0.3 is 0 Å². The number of ether oxygens (including phenoxy) is 1. The molecule has 0 amide bonds. The summed E-state index contributed by atoms with van der Waals surface area (Å²) in [5.74, 6) is 0.848. The van der Waals surface area contributed by atoms with Gasteiger partial charge in [0.2, 0.25) is 0 Å². The van der Waals surface area contributed by atoms with E-state index in [2.05, 4.69) is 9.59 Å². The van der Waals surface area contributed by atoms with Crippen LogP contribution in [-0.2, 0) is 4.74 Å². The molecule has 0 saturated carbocycles. The Morgan fingerprint density at radius 1 is 1.67 bits per heavy atom. The minimum Gasteiger partial charge on any atom is -0.496 e. The van der Waals surface area contributed by atoms with Crippen LogP contribution in [0.2, 0.25) is 0 Å². The van der Waals surface area contributed by atoms with E-state index in [0.29, 0.717) is 0 Å². The van der Waals surface area contributed by atoms with Crippen LogP contribution >= 0.6 is 11.5 Å². The van der Waals surface area contributed by atoms with Gasteiger partial charge in [0.15, 0.2) is 0 Å². The molecule has 2 N–H and O–H groups in total. The van der Waals surface area contributed by atoms with Gasteiger partial charge in [0, 0.05) is 6.42 Å². The molecule has 0 spiro atoms. The van der Waals surface area contributed by atoms with Gasteiger partial charge in [0.25, 0.3) is 0 Å². The monoisotopic (exact) mass is 183 g/mol. The quantitative estimate of drug-likeness (QED) is 0.738. The molecule has 64 valence electrons. The van der Waals surface area contributed by atoms with E-state index in [1.807, 2.05) is 6.08 Å². The number of nitrogens with two attached hydrogens (primary N) is 1. The topological polar surface area (TPSA) is 61.0 Å². The Morgan fingerprint density at radius 2 is 2.58 bits per heavy atom. The maximum Gasteiger partial charge on any atom is 0.114 e. The maximum absolute atomic E-state index is 5.88. The van der Waals surface area contributed by atoms with Crippen molar-refractivity contribution in [3.8, 4) is 0 Å². The van der Waals surface area contributed by atoms with Crippen molar-refractivity contribution in [3.05, 3.63) is 22.9 Å². The van der Waals surface area contributed by atoms with Crippen LogP contribution in [0.3, 0.4) is 0 Å². The Bertz CT molecular complexity index is 283. The van der Waals surface area contributed by atoms with Gasteiger partial charge in [-0.3, -0.25) is 0 Å². The van der Waals surface area contributed by atoms with Gasteiger partial charge in [-0.15, -0.1) is 5.10 Å². The molecule has 0 saturated heterocycles.